The van der Waals surface area contributed by atoms with E-state index in [-0.39, 0.29) is 11.2 Å². The van der Waals surface area contributed by atoms with Gasteiger partial charge in [-0.2, -0.15) is 4.68 Å². The molecule has 0 aliphatic carbocycles. The van der Waals surface area contributed by atoms with Crippen molar-refractivity contribution in [3.63, 3.8) is 0 Å². The molecule has 0 saturated carbocycles. The highest BCUT2D eigenvalue weighted by atomic mass is 16.1. The maximum atomic E-state index is 12.8. The van der Waals surface area contributed by atoms with E-state index in [1.807, 2.05) is 25.1 Å². The van der Waals surface area contributed by atoms with Gasteiger partial charge in [-0.25, -0.2) is 0 Å². The fraction of sp³-hybridized carbons (Fsp3) is 0.333. The van der Waals surface area contributed by atoms with Crippen LogP contribution in [0.2, 0.25) is 0 Å². The van der Waals surface area contributed by atoms with Crippen LogP contribution in [-0.4, -0.2) is 26.0 Å². The van der Waals surface area contributed by atoms with E-state index in [1.165, 1.54) is 5.56 Å². The Bertz CT molecular complexity index is 933. The zero-order chi connectivity index (χ0) is 18.9. The lowest BCUT2D eigenvalue weighted by Gasteiger charge is -2.17. The number of tetrazole rings is 1. The van der Waals surface area contributed by atoms with Crippen molar-refractivity contribution >= 4 is 5.78 Å². The summed E-state index contributed by atoms with van der Waals surface area (Å²) in [6.07, 6.45) is 0.485. The van der Waals surface area contributed by atoms with Crippen molar-refractivity contribution in [1.82, 2.24) is 20.2 Å². The predicted octanol–water partition coefficient (Wildman–Crippen LogP) is 4.57. The molecular weight excluding hydrogens is 324 g/mol. The summed E-state index contributed by atoms with van der Waals surface area (Å²) in [6, 6.07) is 14.1. The van der Waals surface area contributed by atoms with Crippen LogP contribution in [-0.2, 0) is 0 Å². The highest BCUT2D eigenvalue weighted by Crippen LogP contribution is 2.28. The van der Waals surface area contributed by atoms with E-state index in [0.29, 0.717) is 17.8 Å². The van der Waals surface area contributed by atoms with Crippen LogP contribution < -0.4 is 0 Å². The van der Waals surface area contributed by atoms with Gasteiger partial charge in [0.1, 0.15) is 0 Å². The zero-order valence-electron chi connectivity index (χ0n) is 15.9. The fourth-order valence-corrected chi connectivity index (χ4v) is 2.86. The number of benzene rings is 2. The van der Waals surface area contributed by atoms with Gasteiger partial charge in [0.15, 0.2) is 11.6 Å². The summed E-state index contributed by atoms with van der Waals surface area (Å²) in [7, 11) is 0. The van der Waals surface area contributed by atoms with Crippen LogP contribution in [0.4, 0.5) is 0 Å². The van der Waals surface area contributed by atoms with Crippen LogP contribution >= 0.6 is 0 Å². The van der Waals surface area contributed by atoms with Gasteiger partial charge in [-0.05, 0) is 59.0 Å². The van der Waals surface area contributed by atoms with E-state index in [9.17, 15) is 4.79 Å². The van der Waals surface area contributed by atoms with E-state index in [2.05, 4.69) is 67.5 Å². The third-order valence-corrected chi connectivity index (χ3v) is 4.19. The standard InChI is InChI=1S/C21H24N4O/c1-14-6-8-16(9-7-14)17-10-18(20(26)13-21(3,4)5)12-19(11-17)25-15(2)22-23-24-25/h6-12H,13H2,1-5H3. The number of carbonyl (C=O) groups is 1. The van der Waals surface area contributed by atoms with Gasteiger partial charge in [0.2, 0.25) is 0 Å². The van der Waals surface area contributed by atoms with Crippen molar-refractivity contribution in [3.8, 4) is 16.8 Å². The largest absolute Gasteiger partial charge is 0.294 e. The number of hydrogen-bond donors (Lipinski definition) is 0. The maximum absolute atomic E-state index is 12.8. The minimum Gasteiger partial charge on any atom is -0.294 e. The molecule has 0 bridgehead atoms. The predicted molar refractivity (Wildman–Crippen MR) is 102 cm³/mol. The first-order valence-corrected chi connectivity index (χ1v) is 8.74. The topological polar surface area (TPSA) is 60.7 Å². The quantitative estimate of drug-likeness (QED) is 0.648. The smallest absolute Gasteiger partial charge is 0.163 e. The molecule has 0 saturated heterocycles. The van der Waals surface area contributed by atoms with Crippen LogP contribution in [0.1, 0.15) is 48.9 Å². The molecule has 0 aliphatic rings. The number of ketones is 1. The molecule has 1 heterocycles. The first-order chi connectivity index (χ1) is 12.2. The van der Waals surface area contributed by atoms with Crippen molar-refractivity contribution < 1.29 is 4.79 Å². The Kier molecular flexibility index (Phi) is 4.72. The Hall–Kier alpha value is -2.82. The third kappa shape index (κ3) is 4.04. The third-order valence-electron chi connectivity index (χ3n) is 4.19. The second-order valence-electron chi connectivity index (χ2n) is 7.93. The molecule has 2 aromatic carbocycles. The Morgan fingerprint density at radius 1 is 1.00 bits per heavy atom. The minimum atomic E-state index is -0.0676. The average molecular weight is 348 g/mol. The van der Waals surface area contributed by atoms with E-state index in [0.717, 1.165) is 16.8 Å². The molecule has 26 heavy (non-hydrogen) atoms. The number of carbonyl (C=O) groups excluding carboxylic acids is 1. The molecule has 0 fully saturated rings. The summed E-state index contributed by atoms with van der Waals surface area (Å²) in [5.74, 6) is 0.804. The molecule has 0 amide bonds. The summed E-state index contributed by atoms with van der Waals surface area (Å²) < 4.78 is 1.66. The molecule has 5 nitrogen and oxygen atoms in total. The first-order valence-electron chi connectivity index (χ1n) is 8.74. The van der Waals surface area contributed by atoms with Crippen LogP contribution in [0.25, 0.3) is 16.8 Å². The van der Waals surface area contributed by atoms with Crippen molar-refractivity contribution in [3.05, 3.63) is 59.4 Å². The second kappa shape index (κ2) is 6.83. The van der Waals surface area contributed by atoms with Gasteiger partial charge < -0.3 is 0 Å². The lowest BCUT2D eigenvalue weighted by atomic mass is 9.87. The molecule has 134 valence electrons. The van der Waals surface area contributed by atoms with Gasteiger partial charge in [0.25, 0.3) is 0 Å². The Morgan fingerprint density at radius 2 is 1.69 bits per heavy atom. The summed E-state index contributed by atoms with van der Waals surface area (Å²) >= 11 is 0. The lowest BCUT2D eigenvalue weighted by molar-refractivity contribution is 0.0940. The van der Waals surface area contributed by atoms with Gasteiger partial charge >= 0.3 is 0 Å². The Balaban J connectivity index is 2.12. The molecule has 0 unspecified atom stereocenters. The fourth-order valence-electron chi connectivity index (χ4n) is 2.86. The van der Waals surface area contributed by atoms with Crippen molar-refractivity contribution in [1.29, 1.82) is 0 Å². The number of nitrogens with zero attached hydrogens (tertiary/aromatic N) is 4. The van der Waals surface area contributed by atoms with Crippen LogP contribution in [0.3, 0.4) is 0 Å². The van der Waals surface area contributed by atoms with Gasteiger partial charge in [-0.15, -0.1) is 5.10 Å². The summed E-state index contributed by atoms with van der Waals surface area (Å²) in [4.78, 5) is 12.8. The lowest BCUT2D eigenvalue weighted by Crippen LogP contribution is -2.13. The second-order valence-corrected chi connectivity index (χ2v) is 7.93. The van der Waals surface area contributed by atoms with Crippen molar-refractivity contribution in [2.45, 2.75) is 41.0 Å². The normalized spacial score (nSPS) is 11.6. The van der Waals surface area contributed by atoms with E-state index in [4.69, 9.17) is 0 Å². The van der Waals surface area contributed by atoms with E-state index < -0.39 is 0 Å². The molecule has 0 radical (unpaired) electrons. The molecule has 0 atom stereocenters. The average Bonchev–Trinajstić information content (AvgIpc) is 2.99. The van der Waals surface area contributed by atoms with Gasteiger partial charge in [-0.3, -0.25) is 4.79 Å². The number of Topliss-reactive ketones (excluding diaryl/α,β-unsaturated/α-hetero) is 1. The summed E-state index contributed by atoms with van der Waals surface area (Å²) in [5.41, 5.74) is 4.65. The first kappa shape index (κ1) is 18.0. The highest BCUT2D eigenvalue weighted by molar-refractivity contribution is 5.98. The monoisotopic (exact) mass is 348 g/mol. The highest BCUT2D eigenvalue weighted by Gasteiger charge is 2.19. The van der Waals surface area contributed by atoms with E-state index >= 15 is 0 Å². The minimum absolute atomic E-state index is 0.0676. The number of hydrogen-bond acceptors (Lipinski definition) is 4. The molecule has 1 aromatic heterocycles. The Labute approximate surface area is 154 Å². The SMILES string of the molecule is Cc1ccc(-c2cc(C(=O)CC(C)(C)C)cc(-n3nnnc3C)c2)cc1. The molecule has 3 rings (SSSR count). The van der Waals surface area contributed by atoms with Crippen LogP contribution in [0.5, 0.6) is 0 Å². The Morgan fingerprint density at radius 3 is 2.27 bits per heavy atom. The number of rotatable bonds is 4. The summed E-state index contributed by atoms with van der Waals surface area (Å²) in [6.45, 7) is 10.1. The van der Waals surface area contributed by atoms with Gasteiger partial charge in [0.05, 0.1) is 5.69 Å². The van der Waals surface area contributed by atoms with Gasteiger partial charge in [-0.1, -0.05) is 50.6 Å². The van der Waals surface area contributed by atoms with Gasteiger partial charge in [0, 0.05) is 12.0 Å². The molecular formula is C21H24N4O. The zero-order valence-corrected chi connectivity index (χ0v) is 15.9. The molecule has 0 aliphatic heterocycles. The summed E-state index contributed by atoms with van der Waals surface area (Å²) in [5, 5.41) is 11.7. The maximum Gasteiger partial charge on any atom is 0.163 e. The van der Waals surface area contributed by atoms with Crippen molar-refractivity contribution in [2.75, 3.05) is 0 Å². The number of aromatic nitrogens is 4. The van der Waals surface area contributed by atoms with Crippen LogP contribution in [0.15, 0.2) is 42.5 Å². The van der Waals surface area contributed by atoms with Crippen LogP contribution in [0, 0.1) is 19.3 Å². The molecule has 0 N–H and O–H groups in total. The van der Waals surface area contributed by atoms with E-state index in [1.54, 1.807) is 4.68 Å². The molecule has 3 aromatic rings. The van der Waals surface area contributed by atoms with Crippen molar-refractivity contribution in [2.24, 2.45) is 5.41 Å². The molecule has 0 spiro atoms. The molecule has 5 heteroatoms. The number of aryl methyl sites for hydroxylation is 2.